The summed E-state index contributed by atoms with van der Waals surface area (Å²) in [6, 6.07) is 10.5. The lowest BCUT2D eigenvalue weighted by atomic mass is 9.95. The van der Waals surface area contributed by atoms with Crippen molar-refractivity contribution in [3.05, 3.63) is 60.3 Å². The molecule has 2 aromatic heterocycles. The Bertz CT molecular complexity index is 1520. The molecule has 208 valence electrons. The molecule has 0 aliphatic carbocycles. The standard InChI is InChI=1S/C29H32FN7O3/c1-2-4-25-33-27(34-40-25)19-9-11-35(12-10-19)28-22-6-3-5-21(26(22)31-18-32-28)20-7-8-24(23(30)17-20)37-14-13-36(15-16-38)29(37)39/h3,5-8,17-19,38H,2,4,9-16H2,1H3. The van der Waals surface area contributed by atoms with Crippen molar-refractivity contribution in [1.29, 1.82) is 0 Å². The van der Waals surface area contributed by atoms with E-state index in [2.05, 4.69) is 31.9 Å². The van der Waals surface area contributed by atoms with Gasteiger partial charge in [0.25, 0.3) is 0 Å². The molecule has 2 fully saturated rings. The van der Waals surface area contributed by atoms with Crippen LogP contribution in [-0.4, -0.2) is 75.5 Å². The SMILES string of the molecule is CCCc1nc(C2CCN(c3ncnc4c(-c5ccc(N6CCN(CCO)C6=O)c(F)c5)cccc34)CC2)no1. The zero-order valence-electron chi connectivity index (χ0n) is 22.5. The number of para-hydroxylation sites is 1. The van der Waals surface area contributed by atoms with Gasteiger partial charge in [-0.3, -0.25) is 4.90 Å². The average Bonchev–Trinajstić information content (AvgIpc) is 3.59. The molecule has 11 heteroatoms. The fourth-order valence-electron chi connectivity index (χ4n) is 5.69. The monoisotopic (exact) mass is 545 g/mol. The molecule has 2 saturated heterocycles. The van der Waals surface area contributed by atoms with Gasteiger partial charge in [-0.25, -0.2) is 19.2 Å². The van der Waals surface area contributed by atoms with Crippen LogP contribution >= 0.6 is 0 Å². The summed E-state index contributed by atoms with van der Waals surface area (Å²) in [6.07, 6.45) is 5.13. The van der Waals surface area contributed by atoms with Crippen molar-refractivity contribution in [2.45, 2.75) is 38.5 Å². The molecular weight excluding hydrogens is 513 g/mol. The lowest BCUT2D eigenvalue weighted by molar-refractivity contribution is 0.199. The molecule has 0 spiro atoms. The average molecular weight is 546 g/mol. The van der Waals surface area contributed by atoms with Gasteiger partial charge >= 0.3 is 6.03 Å². The molecule has 4 aromatic rings. The summed E-state index contributed by atoms with van der Waals surface area (Å²) in [6.45, 7) is 4.65. The lowest BCUT2D eigenvalue weighted by Crippen LogP contribution is -2.34. The summed E-state index contributed by atoms with van der Waals surface area (Å²) in [4.78, 5) is 31.6. The second-order valence-corrected chi connectivity index (χ2v) is 10.3. The van der Waals surface area contributed by atoms with Gasteiger partial charge in [0, 0.05) is 56.0 Å². The number of aromatic nitrogens is 4. The van der Waals surface area contributed by atoms with Crippen molar-refractivity contribution in [2.24, 2.45) is 0 Å². The number of urea groups is 1. The molecule has 6 rings (SSSR count). The van der Waals surface area contributed by atoms with Crippen molar-refractivity contribution in [2.75, 3.05) is 49.1 Å². The Morgan fingerprint density at radius 3 is 2.73 bits per heavy atom. The minimum Gasteiger partial charge on any atom is -0.395 e. The number of benzene rings is 2. The summed E-state index contributed by atoms with van der Waals surface area (Å²) in [5.74, 6) is 2.13. The van der Waals surface area contributed by atoms with E-state index in [9.17, 15) is 9.90 Å². The Morgan fingerprint density at radius 1 is 1.10 bits per heavy atom. The highest BCUT2D eigenvalue weighted by molar-refractivity contribution is 6.00. The van der Waals surface area contributed by atoms with Crippen molar-refractivity contribution in [1.82, 2.24) is 25.0 Å². The maximum Gasteiger partial charge on any atom is 0.324 e. The highest BCUT2D eigenvalue weighted by atomic mass is 19.1. The topological polar surface area (TPSA) is 112 Å². The molecule has 4 heterocycles. The Labute approximate surface area is 231 Å². The Balaban J connectivity index is 1.23. The van der Waals surface area contributed by atoms with Crippen LogP contribution < -0.4 is 9.80 Å². The molecular formula is C29H32FN7O3. The third kappa shape index (κ3) is 4.85. The van der Waals surface area contributed by atoms with Crippen molar-refractivity contribution in [3.63, 3.8) is 0 Å². The van der Waals surface area contributed by atoms with Crippen LogP contribution in [0.5, 0.6) is 0 Å². The molecule has 2 amide bonds. The van der Waals surface area contributed by atoms with E-state index in [4.69, 9.17) is 4.52 Å². The van der Waals surface area contributed by atoms with Gasteiger partial charge in [0.05, 0.1) is 17.8 Å². The third-order valence-corrected chi connectivity index (χ3v) is 7.77. The Morgan fingerprint density at radius 2 is 1.95 bits per heavy atom. The van der Waals surface area contributed by atoms with Gasteiger partial charge in [-0.1, -0.05) is 30.3 Å². The first kappa shape index (κ1) is 26.1. The van der Waals surface area contributed by atoms with E-state index in [1.165, 1.54) is 15.9 Å². The van der Waals surface area contributed by atoms with Crippen LogP contribution in [0.1, 0.15) is 43.8 Å². The summed E-state index contributed by atoms with van der Waals surface area (Å²) in [5, 5.41) is 14.3. The minimum absolute atomic E-state index is 0.122. The van der Waals surface area contributed by atoms with Gasteiger partial charge in [-0.05, 0) is 43.0 Å². The number of anilines is 2. The van der Waals surface area contributed by atoms with E-state index >= 15 is 4.39 Å². The number of piperidine rings is 1. The van der Waals surface area contributed by atoms with E-state index in [0.29, 0.717) is 24.5 Å². The summed E-state index contributed by atoms with van der Waals surface area (Å²) in [7, 11) is 0. The number of rotatable bonds is 8. The number of hydrogen-bond acceptors (Lipinski definition) is 8. The summed E-state index contributed by atoms with van der Waals surface area (Å²) < 4.78 is 20.7. The van der Waals surface area contributed by atoms with Crippen LogP contribution in [0.4, 0.5) is 20.7 Å². The smallest absolute Gasteiger partial charge is 0.324 e. The quantitative estimate of drug-likeness (QED) is 0.347. The first-order chi connectivity index (χ1) is 19.6. The number of aliphatic hydroxyl groups is 1. The first-order valence-corrected chi connectivity index (χ1v) is 13.9. The van der Waals surface area contributed by atoms with Crippen LogP contribution in [0, 0.1) is 5.82 Å². The summed E-state index contributed by atoms with van der Waals surface area (Å²) >= 11 is 0. The van der Waals surface area contributed by atoms with Crippen molar-refractivity contribution in [3.8, 4) is 11.1 Å². The van der Waals surface area contributed by atoms with Crippen LogP contribution in [0.2, 0.25) is 0 Å². The van der Waals surface area contributed by atoms with Gasteiger partial charge in [-0.2, -0.15) is 4.98 Å². The predicted octanol–water partition coefficient (Wildman–Crippen LogP) is 4.39. The fraction of sp³-hybridized carbons (Fsp3) is 0.414. The highest BCUT2D eigenvalue weighted by Gasteiger charge is 2.31. The molecule has 0 bridgehead atoms. The van der Waals surface area contributed by atoms with Crippen LogP contribution in [0.25, 0.3) is 22.0 Å². The Hall–Kier alpha value is -4.12. The molecule has 2 aliphatic heterocycles. The van der Waals surface area contributed by atoms with E-state index in [0.717, 1.165) is 66.9 Å². The zero-order valence-corrected chi connectivity index (χ0v) is 22.5. The van der Waals surface area contributed by atoms with Crippen LogP contribution in [-0.2, 0) is 6.42 Å². The number of fused-ring (bicyclic) bond motifs is 1. The third-order valence-electron chi connectivity index (χ3n) is 7.77. The van der Waals surface area contributed by atoms with Gasteiger partial charge in [0.1, 0.15) is 18.0 Å². The summed E-state index contributed by atoms with van der Waals surface area (Å²) in [5.41, 5.74) is 2.45. The number of aryl methyl sites for hydroxylation is 1. The normalized spacial score (nSPS) is 16.5. The molecule has 40 heavy (non-hydrogen) atoms. The Kier molecular flexibility index (Phi) is 7.29. The second kappa shape index (κ2) is 11.2. The van der Waals surface area contributed by atoms with Crippen molar-refractivity contribution < 1.29 is 18.8 Å². The molecule has 0 unspecified atom stereocenters. The van der Waals surface area contributed by atoms with Gasteiger partial charge in [0.2, 0.25) is 5.89 Å². The first-order valence-electron chi connectivity index (χ1n) is 13.9. The molecule has 0 saturated carbocycles. The minimum atomic E-state index is -0.478. The van der Waals surface area contributed by atoms with Crippen molar-refractivity contribution >= 4 is 28.4 Å². The maximum absolute atomic E-state index is 15.3. The number of β-amino-alcohol motifs (C(OH)–C–C–N with tert-alkyl or cyclic N) is 1. The van der Waals surface area contributed by atoms with Gasteiger partial charge < -0.3 is 19.4 Å². The number of carbonyl (C=O) groups excluding carboxylic acids is 1. The van der Waals surface area contributed by atoms with Crippen LogP contribution in [0.15, 0.2) is 47.2 Å². The number of halogens is 1. The lowest BCUT2D eigenvalue weighted by Gasteiger charge is -2.32. The van der Waals surface area contributed by atoms with Gasteiger partial charge in [0.15, 0.2) is 5.82 Å². The molecule has 1 N–H and O–H groups in total. The number of nitrogens with zero attached hydrogens (tertiary/aromatic N) is 7. The maximum atomic E-state index is 15.3. The number of hydrogen-bond donors (Lipinski definition) is 1. The molecule has 0 atom stereocenters. The highest BCUT2D eigenvalue weighted by Crippen LogP contribution is 2.36. The second-order valence-electron chi connectivity index (χ2n) is 10.3. The fourth-order valence-corrected chi connectivity index (χ4v) is 5.69. The van der Waals surface area contributed by atoms with Gasteiger partial charge in [-0.15, -0.1) is 0 Å². The number of amides is 2. The molecule has 2 aliphatic rings. The van der Waals surface area contributed by atoms with E-state index in [1.54, 1.807) is 12.4 Å². The number of carbonyl (C=O) groups is 1. The van der Waals surface area contributed by atoms with E-state index in [-0.39, 0.29) is 30.8 Å². The largest absolute Gasteiger partial charge is 0.395 e. The predicted molar refractivity (Wildman–Crippen MR) is 149 cm³/mol. The molecule has 0 radical (unpaired) electrons. The van der Waals surface area contributed by atoms with Crippen LogP contribution in [0.3, 0.4) is 0 Å². The van der Waals surface area contributed by atoms with E-state index < -0.39 is 5.82 Å². The number of aliphatic hydroxyl groups excluding tert-OH is 1. The zero-order chi connectivity index (χ0) is 27.6. The molecule has 10 nitrogen and oxygen atoms in total. The van der Waals surface area contributed by atoms with E-state index in [1.807, 2.05) is 24.3 Å². The molecule has 2 aromatic carbocycles.